The summed E-state index contributed by atoms with van der Waals surface area (Å²) in [7, 11) is 0. The quantitative estimate of drug-likeness (QED) is 0.650. The molecule has 0 saturated carbocycles. The van der Waals surface area contributed by atoms with Crippen LogP contribution in [0.4, 0.5) is 26.3 Å². The van der Waals surface area contributed by atoms with Gasteiger partial charge < -0.3 is 4.74 Å². The summed E-state index contributed by atoms with van der Waals surface area (Å²) in [6.45, 7) is 0. The number of hydrogen-bond donors (Lipinski definition) is 0. The maximum absolute atomic E-state index is 13.7. The van der Waals surface area contributed by atoms with Gasteiger partial charge in [-0.1, -0.05) is 23.7 Å². The van der Waals surface area contributed by atoms with Crippen LogP contribution in [0.25, 0.3) is 0 Å². The van der Waals surface area contributed by atoms with Crippen molar-refractivity contribution in [3.8, 4) is 5.75 Å². The Kier molecular flexibility index (Phi) is 2.34. The molecule has 0 radical (unpaired) electrons. The molecule has 0 saturated heterocycles. The normalized spacial score (nSPS) is 26.5. The predicted molar refractivity (Wildman–Crippen MR) is 45.9 cm³/mol. The third-order valence-corrected chi connectivity index (χ3v) is 2.66. The first kappa shape index (κ1) is 12.3. The van der Waals surface area contributed by atoms with Crippen LogP contribution in [-0.2, 0) is 5.67 Å². The third kappa shape index (κ3) is 1.41. The highest BCUT2D eigenvalue weighted by Gasteiger charge is 2.78. The van der Waals surface area contributed by atoms with Crippen molar-refractivity contribution in [3.63, 3.8) is 0 Å². The standard InChI is InChI=1S/C9H3ClF6O/c10-5-3-1-2-4-6(5)17-9(15,16)7(4,11)8(12,13)14/h1-3H. The summed E-state index contributed by atoms with van der Waals surface area (Å²) in [6.07, 6.45) is -10.9. The smallest absolute Gasteiger partial charge is 0.428 e. The van der Waals surface area contributed by atoms with Gasteiger partial charge in [-0.3, -0.25) is 0 Å². The van der Waals surface area contributed by atoms with Gasteiger partial charge in [0.15, 0.2) is 5.75 Å². The molecule has 0 spiro atoms. The predicted octanol–water partition coefficient (Wildman–Crippen LogP) is 4.05. The van der Waals surface area contributed by atoms with E-state index in [4.69, 9.17) is 11.6 Å². The Morgan fingerprint density at radius 1 is 1.12 bits per heavy atom. The lowest BCUT2D eigenvalue weighted by molar-refractivity contribution is -0.350. The lowest BCUT2D eigenvalue weighted by Crippen LogP contribution is -2.51. The summed E-state index contributed by atoms with van der Waals surface area (Å²) >= 11 is 5.38. The fourth-order valence-electron chi connectivity index (χ4n) is 1.56. The molecule has 1 heterocycles. The van der Waals surface area contributed by atoms with Gasteiger partial charge in [-0.2, -0.15) is 22.0 Å². The van der Waals surface area contributed by atoms with Gasteiger partial charge in [0.1, 0.15) is 0 Å². The molecule has 1 aromatic rings. The van der Waals surface area contributed by atoms with Crippen LogP contribution >= 0.6 is 11.6 Å². The van der Waals surface area contributed by atoms with Crippen molar-refractivity contribution >= 4 is 11.6 Å². The average Bonchev–Trinajstić information content (AvgIpc) is 2.38. The van der Waals surface area contributed by atoms with Gasteiger partial charge in [0, 0.05) is 0 Å². The van der Waals surface area contributed by atoms with Crippen molar-refractivity contribution in [1.82, 2.24) is 0 Å². The zero-order chi connectivity index (χ0) is 13.1. The summed E-state index contributed by atoms with van der Waals surface area (Å²) < 4.78 is 81.0. The molecule has 0 N–H and O–H groups in total. The van der Waals surface area contributed by atoms with Crippen molar-refractivity contribution in [2.45, 2.75) is 18.0 Å². The van der Waals surface area contributed by atoms with E-state index in [0.29, 0.717) is 6.07 Å². The summed E-state index contributed by atoms with van der Waals surface area (Å²) in [5, 5.41) is -0.508. The number of alkyl halides is 6. The highest BCUT2D eigenvalue weighted by Crippen LogP contribution is 2.60. The van der Waals surface area contributed by atoms with E-state index in [1.54, 1.807) is 0 Å². The van der Waals surface area contributed by atoms with Crippen LogP contribution in [-0.4, -0.2) is 12.3 Å². The Morgan fingerprint density at radius 2 is 1.71 bits per heavy atom. The second-order valence-electron chi connectivity index (χ2n) is 3.39. The molecule has 0 bridgehead atoms. The van der Waals surface area contributed by atoms with Crippen LogP contribution in [0.3, 0.4) is 0 Å². The summed E-state index contributed by atoms with van der Waals surface area (Å²) in [4.78, 5) is 0. The van der Waals surface area contributed by atoms with Crippen LogP contribution < -0.4 is 4.74 Å². The molecule has 1 nitrogen and oxygen atoms in total. The van der Waals surface area contributed by atoms with Gasteiger partial charge in [-0.25, -0.2) is 4.39 Å². The Labute approximate surface area is 95.9 Å². The monoisotopic (exact) mass is 276 g/mol. The molecular formula is C9H3ClF6O. The molecule has 94 valence electrons. The number of para-hydroxylation sites is 1. The van der Waals surface area contributed by atoms with Gasteiger partial charge in [0.2, 0.25) is 0 Å². The minimum atomic E-state index is -5.81. The maximum Gasteiger partial charge on any atom is 0.447 e. The molecule has 1 aromatic carbocycles. The molecule has 1 unspecified atom stereocenters. The fourth-order valence-corrected chi connectivity index (χ4v) is 1.77. The van der Waals surface area contributed by atoms with Crippen molar-refractivity contribution in [1.29, 1.82) is 0 Å². The lowest BCUT2D eigenvalue weighted by Gasteiger charge is -2.27. The van der Waals surface area contributed by atoms with E-state index >= 15 is 0 Å². The second kappa shape index (κ2) is 3.22. The molecule has 1 atom stereocenters. The van der Waals surface area contributed by atoms with Crippen LogP contribution in [0.15, 0.2) is 18.2 Å². The zero-order valence-electron chi connectivity index (χ0n) is 7.79. The van der Waals surface area contributed by atoms with Crippen LogP contribution in [0.5, 0.6) is 5.75 Å². The third-order valence-electron chi connectivity index (χ3n) is 2.36. The van der Waals surface area contributed by atoms with E-state index in [1.165, 1.54) is 0 Å². The molecule has 8 heteroatoms. The summed E-state index contributed by atoms with van der Waals surface area (Å²) in [5.74, 6) is -0.987. The lowest BCUT2D eigenvalue weighted by atomic mass is 9.95. The van der Waals surface area contributed by atoms with E-state index in [0.717, 1.165) is 12.1 Å². The minimum absolute atomic E-state index is 0.508. The molecule has 0 aliphatic carbocycles. The first-order valence-corrected chi connectivity index (χ1v) is 4.60. The zero-order valence-corrected chi connectivity index (χ0v) is 8.54. The summed E-state index contributed by atoms with van der Waals surface area (Å²) in [6, 6.07) is 2.53. The molecular weight excluding hydrogens is 274 g/mol. The van der Waals surface area contributed by atoms with Crippen molar-refractivity contribution in [2.24, 2.45) is 0 Å². The van der Waals surface area contributed by atoms with E-state index in [9.17, 15) is 26.3 Å². The number of halogens is 7. The number of benzene rings is 1. The highest BCUT2D eigenvalue weighted by atomic mass is 35.5. The maximum atomic E-state index is 13.7. The van der Waals surface area contributed by atoms with Crippen molar-refractivity contribution in [3.05, 3.63) is 28.8 Å². The first-order chi connectivity index (χ1) is 7.61. The van der Waals surface area contributed by atoms with E-state index in [2.05, 4.69) is 4.74 Å². The molecule has 0 aromatic heterocycles. The number of rotatable bonds is 0. The fraction of sp³-hybridized carbons (Fsp3) is 0.333. The molecule has 1 aliphatic rings. The number of ether oxygens (including phenoxy) is 1. The number of fused-ring (bicyclic) bond motifs is 1. The Hall–Kier alpha value is -1.11. The van der Waals surface area contributed by atoms with Gasteiger partial charge >= 0.3 is 18.0 Å². The number of hydrogen-bond acceptors (Lipinski definition) is 1. The highest BCUT2D eigenvalue weighted by molar-refractivity contribution is 6.32. The molecule has 0 amide bonds. The van der Waals surface area contributed by atoms with Gasteiger partial charge in [-0.05, 0) is 6.07 Å². The second-order valence-corrected chi connectivity index (χ2v) is 3.80. The Bertz CT molecular complexity index is 471. The van der Waals surface area contributed by atoms with E-state index < -0.39 is 34.3 Å². The van der Waals surface area contributed by atoms with Gasteiger partial charge in [-0.15, -0.1) is 0 Å². The van der Waals surface area contributed by atoms with Crippen molar-refractivity contribution < 1.29 is 31.1 Å². The Morgan fingerprint density at radius 3 is 2.24 bits per heavy atom. The molecule has 17 heavy (non-hydrogen) atoms. The van der Waals surface area contributed by atoms with Crippen LogP contribution in [0.1, 0.15) is 5.56 Å². The molecule has 0 fully saturated rings. The van der Waals surface area contributed by atoms with E-state index in [-0.39, 0.29) is 0 Å². The molecule has 1 aliphatic heterocycles. The van der Waals surface area contributed by atoms with Gasteiger partial charge in [0.25, 0.3) is 0 Å². The van der Waals surface area contributed by atoms with Gasteiger partial charge in [0.05, 0.1) is 10.6 Å². The first-order valence-electron chi connectivity index (χ1n) is 4.23. The summed E-state index contributed by atoms with van der Waals surface area (Å²) in [5.41, 5.74) is -6.21. The Balaban J connectivity index is 2.73. The van der Waals surface area contributed by atoms with Crippen LogP contribution in [0, 0.1) is 0 Å². The molecule has 2 rings (SSSR count). The van der Waals surface area contributed by atoms with Crippen LogP contribution in [0.2, 0.25) is 5.02 Å². The largest absolute Gasteiger partial charge is 0.447 e. The van der Waals surface area contributed by atoms with Crippen molar-refractivity contribution in [2.75, 3.05) is 0 Å². The minimum Gasteiger partial charge on any atom is -0.428 e. The average molecular weight is 277 g/mol. The SMILES string of the molecule is FC(F)(F)C1(F)c2cccc(Cl)c2OC1(F)F. The topological polar surface area (TPSA) is 9.23 Å². The van der Waals surface area contributed by atoms with E-state index in [1.807, 2.05) is 0 Å².